The van der Waals surface area contributed by atoms with Gasteiger partial charge in [0.15, 0.2) is 5.69 Å². The quantitative estimate of drug-likeness (QED) is 0.217. The second-order valence-corrected chi connectivity index (χ2v) is 11.3. The summed E-state index contributed by atoms with van der Waals surface area (Å²) in [6.45, 7) is 2.30. The van der Waals surface area contributed by atoms with E-state index in [1.54, 1.807) is 23.4 Å². The van der Waals surface area contributed by atoms with Gasteiger partial charge in [-0.05, 0) is 61.9 Å². The molecule has 3 N–H and O–H groups in total. The van der Waals surface area contributed by atoms with Crippen molar-refractivity contribution in [2.45, 2.75) is 70.0 Å². The first kappa shape index (κ1) is 31.9. The molecule has 2 aromatic heterocycles. The summed E-state index contributed by atoms with van der Waals surface area (Å²) in [5.74, 6) is -1.08. The highest BCUT2D eigenvalue weighted by molar-refractivity contribution is 5.95. The molecule has 14 heteroatoms. The zero-order valence-electron chi connectivity index (χ0n) is 24.9. The molecule has 3 aromatic rings. The van der Waals surface area contributed by atoms with Gasteiger partial charge in [-0.2, -0.15) is 13.2 Å². The number of carbonyl (C=O) groups excluding carboxylic acids is 1. The minimum atomic E-state index is -4.84. The smallest absolute Gasteiger partial charge is 0.434 e. The van der Waals surface area contributed by atoms with E-state index in [0.29, 0.717) is 25.8 Å². The number of carboxylic acids is 1. The van der Waals surface area contributed by atoms with Crippen LogP contribution in [0.4, 0.5) is 36.4 Å². The van der Waals surface area contributed by atoms with E-state index in [4.69, 9.17) is 5.11 Å². The molecule has 2 aliphatic heterocycles. The number of aliphatic carboxylic acids is 1. The van der Waals surface area contributed by atoms with Crippen molar-refractivity contribution in [3.8, 4) is 0 Å². The van der Waals surface area contributed by atoms with Crippen molar-refractivity contribution in [3.05, 3.63) is 59.7 Å². The molecule has 0 radical (unpaired) electrons. The summed E-state index contributed by atoms with van der Waals surface area (Å²) in [5.41, 5.74) is 0.797. The van der Waals surface area contributed by atoms with E-state index in [2.05, 4.69) is 35.5 Å². The Labute approximate surface area is 259 Å². The van der Waals surface area contributed by atoms with E-state index < -0.39 is 29.3 Å². The van der Waals surface area contributed by atoms with Gasteiger partial charge in [0.25, 0.3) is 5.91 Å². The van der Waals surface area contributed by atoms with Gasteiger partial charge < -0.3 is 25.5 Å². The fourth-order valence-electron chi connectivity index (χ4n) is 5.73. The van der Waals surface area contributed by atoms with E-state index in [1.807, 2.05) is 18.2 Å². The SMILES string of the molecule is O=C(O)CCCCCCCNC(=O)c1cnc(N2CCc3cc(NC4CCN(c5ncccn5)CC4)ccc32)nc1C(F)(F)F. The summed E-state index contributed by atoms with van der Waals surface area (Å²) in [6.07, 6.45) is 5.57. The third-order valence-corrected chi connectivity index (χ3v) is 8.06. The zero-order chi connectivity index (χ0) is 31.8. The molecule has 5 rings (SSSR count). The van der Waals surface area contributed by atoms with Crippen molar-refractivity contribution in [1.82, 2.24) is 25.3 Å². The van der Waals surface area contributed by atoms with Crippen LogP contribution in [0.15, 0.2) is 42.9 Å². The first-order chi connectivity index (χ1) is 21.7. The molecule has 1 aromatic carbocycles. The van der Waals surface area contributed by atoms with Gasteiger partial charge in [0.1, 0.15) is 0 Å². The monoisotopic (exact) mass is 626 g/mol. The fourth-order valence-corrected chi connectivity index (χ4v) is 5.73. The standard InChI is InChI=1S/C31H37F3N8O3/c32-31(33,34)27-24(28(45)35-13-5-3-1-2-4-7-26(43)44)20-38-30(40-27)42-18-10-21-19-23(8-9-25(21)42)39-22-11-16-41(17-12-22)29-36-14-6-15-37-29/h6,8-9,14-15,19-20,22,39H,1-5,7,10-13,16-18H2,(H,35,45)(H,43,44). The van der Waals surface area contributed by atoms with E-state index in [1.165, 1.54) is 0 Å². The van der Waals surface area contributed by atoms with Crippen molar-refractivity contribution >= 4 is 35.1 Å². The Kier molecular flexibility index (Phi) is 10.3. The molecular weight excluding hydrogens is 589 g/mol. The van der Waals surface area contributed by atoms with Crippen LogP contribution in [0.5, 0.6) is 0 Å². The number of benzene rings is 1. The Balaban J connectivity index is 1.17. The van der Waals surface area contributed by atoms with E-state index in [0.717, 1.165) is 74.3 Å². The second-order valence-electron chi connectivity index (χ2n) is 11.3. The number of carbonyl (C=O) groups is 2. The number of nitrogens with zero attached hydrogens (tertiary/aromatic N) is 6. The number of nitrogens with one attached hydrogen (secondary N) is 2. The second kappa shape index (κ2) is 14.5. The van der Waals surface area contributed by atoms with Crippen LogP contribution in [0, 0.1) is 0 Å². The number of carboxylic acid groups (broad SMARTS) is 1. The molecular formula is C31H37F3N8O3. The lowest BCUT2D eigenvalue weighted by Crippen LogP contribution is -2.39. The van der Waals surface area contributed by atoms with Crippen LogP contribution >= 0.6 is 0 Å². The van der Waals surface area contributed by atoms with Gasteiger partial charge in [-0.1, -0.05) is 19.3 Å². The third-order valence-electron chi connectivity index (χ3n) is 8.06. The van der Waals surface area contributed by atoms with Crippen molar-refractivity contribution < 1.29 is 27.9 Å². The number of hydrogen-bond acceptors (Lipinski definition) is 9. The van der Waals surface area contributed by atoms with Crippen LogP contribution in [-0.2, 0) is 17.4 Å². The summed E-state index contributed by atoms with van der Waals surface area (Å²) in [5, 5.41) is 14.8. The number of alkyl halides is 3. The molecule has 1 saturated heterocycles. The maximum atomic E-state index is 14.0. The van der Waals surface area contributed by atoms with E-state index in [9.17, 15) is 22.8 Å². The molecule has 0 bridgehead atoms. The number of piperidine rings is 1. The summed E-state index contributed by atoms with van der Waals surface area (Å²) in [4.78, 5) is 43.7. The Morgan fingerprint density at radius 2 is 1.69 bits per heavy atom. The molecule has 4 heterocycles. The van der Waals surface area contributed by atoms with Gasteiger partial charge >= 0.3 is 12.1 Å². The van der Waals surface area contributed by atoms with Crippen LogP contribution < -0.4 is 20.4 Å². The molecule has 1 fully saturated rings. The number of rotatable bonds is 13. The Morgan fingerprint density at radius 3 is 2.42 bits per heavy atom. The van der Waals surface area contributed by atoms with Crippen LogP contribution in [-0.4, -0.2) is 69.1 Å². The number of unbranched alkanes of at least 4 members (excludes halogenated alkanes) is 4. The lowest BCUT2D eigenvalue weighted by Gasteiger charge is -2.32. The predicted octanol–water partition coefficient (Wildman–Crippen LogP) is 5.22. The number of fused-ring (bicyclic) bond motifs is 1. The van der Waals surface area contributed by atoms with Gasteiger partial charge in [-0.15, -0.1) is 0 Å². The topological polar surface area (TPSA) is 136 Å². The van der Waals surface area contributed by atoms with Crippen LogP contribution in [0.2, 0.25) is 0 Å². The molecule has 11 nitrogen and oxygen atoms in total. The van der Waals surface area contributed by atoms with Crippen LogP contribution in [0.1, 0.15) is 73.0 Å². The Morgan fingerprint density at radius 1 is 0.956 bits per heavy atom. The lowest BCUT2D eigenvalue weighted by molar-refractivity contribution is -0.141. The number of amides is 1. The number of halogens is 3. The first-order valence-corrected chi connectivity index (χ1v) is 15.3. The summed E-state index contributed by atoms with van der Waals surface area (Å²) in [6, 6.07) is 7.89. The maximum Gasteiger partial charge on any atom is 0.434 e. The molecule has 0 saturated carbocycles. The molecule has 240 valence electrons. The minimum Gasteiger partial charge on any atom is -0.481 e. The average molecular weight is 627 g/mol. The molecule has 0 spiro atoms. The zero-order valence-corrected chi connectivity index (χ0v) is 24.9. The van der Waals surface area contributed by atoms with Crippen LogP contribution in [0.3, 0.4) is 0 Å². The first-order valence-electron chi connectivity index (χ1n) is 15.3. The molecule has 1 amide bonds. The Hall–Kier alpha value is -4.49. The average Bonchev–Trinajstić information content (AvgIpc) is 3.45. The van der Waals surface area contributed by atoms with Crippen molar-refractivity contribution in [2.75, 3.05) is 41.3 Å². The molecule has 0 atom stereocenters. The van der Waals surface area contributed by atoms with Crippen molar-refractivity contribution in [2.24, 2.45) is 0 Å². The number of hydrogen-bond donors (Lipinski definition) is 3. The summed E-state index contributed by atoms with van der Waals surface area (Å²) in [7, 11) is 0. The Bertz CT molecular complexity index is 1470. The molecule has 0 aliphatic carbocycles. The van der Waals surface area contributed by atoms with Gasteiger partial charge in [-0.3, -0.25) is 9.59 Å². The van der Waals surface area contributed by atoms with Gasteiger partial charge in [0.2, 0.25) is 11.9 Å². The van der Waals surface area contributed by atoms with Gasteiger partial charge in [0.05, 0.1) is 5.56 Å². The van der Waals surface area contributed by atoms with Crippen molar-refractivity contribution in [3.63, 3.8) is 0 Å². The minimum absolute atomic E-state index is 0.102. The number of anilines is 4. The molecule has 0 unspecified atom stereocenters. The van der Waals surface area contributed by atoms with E-state index in [-0.39, 0.29) is 25.0 Å². The van der Waals surface area contributed by atoms with Crippen molar-refractivity contribution in [1.29, 1.82) is 0 Å². The summed E-state index contributed by atoms with van der Waals surface area (Å²) < 4.78 is 42.1. The van der Waals surface area contributed by atoms with Crippen LogP contribution in [0.25, 0.3) is 0 Å². The number of aromatic nitrogens is 4. The lowest BCUT2D eigenvalue weighted by atomic mass is 10.0. The molecule has 2 aliphatic rings. The predicted molar refractivity (Wildman–Crippen MR) is 163 cm³/mol. The van der Waals surface area contributed by atoms with Gasteiger partial charge in [0, 0.05) is 68.6 Å². The maximum absolute atomic E-state index is 14.0. The highest BCUT2D eigenvalue weighted by Gasteiger charge is 2.39. The molecule has 45 heavy (non-hydrogen) atoms. The fraction of sp³-hybridized carbons (Fsp3) is 0.484. The normalized spacial score (nSPS) is 15.2. The highest BCUT2D eigenvalue weighted by atomic mass is 19.4. The third kappa shape index (κ3) is 8.37. The van der Waals surface area contributed by atoms with Gasteiger partial charge in [-0.25, -0.2) is 19.9 Å². The summed E-state index contributed by atoms with van der Waals surface area (Å²) >= 11 is 0. The largest absolute Gasteiger partial charge is 0.481 e. The van der Waals surface area contributed by atoms with E-state index >= 15 is 0 Å². The highest BCUT2D eigenvalue weighted by Crippen LogP contribution is 2.37.